The molecule has 0 aromatic carbocycles. The molecule has 2 N–H and O–H groups in total. The average molecular weight is 373 g/mol. The third kappa shape index (κ3) is 7.21. The zero-order chi connectivity index (χ0) is 18.7. The number of hydrogen-bond donors (Lipinski definition) is 2. The van der Waals surface area contributed by atoms with Crippen LogP contribution in [0.2, 0.25) is 0 Å². The predicted octanol–water partition coefficient (Wildman–Crippen LogP) is 3.24. The summed E-state index contributed by atoms with van der Waals surface area (Å²) in [5.41, 5.74) is 1.25. The third-order valence-corrected chi connectivity index (χ3v) is 5.22. The van der Waals surface area contributed by atoms with Crippen molar-refractivity contribution in [2.24, 2.45) is 0 Å². The number of urea groups is 1. The molecule has 2 aliphatic rings. The van der Waals surface area contributed by atoms with Gasteiger partial charge in [-0.15, -0.1) is 0 Å². The molecule has 27 heavy (non-hydrogen) atoms. The number of hydrogen-bond acceptors (Lipinski definition) is 4. The lowest BCUT2D eigenvalue weighted by Crippen LogP contribution is -2.40. The molecule has 6 nitrogen and oxygen atoms in total. The van der Waals surface area contributed by atoms with Crippen molar-refractivity contribution >= 4 is 6.03 Å². The summed E-state index contributed by atoms with van der Waals surface area (Å²) in [4.78, 5) is 18.5. The molecule has 0 spiro atoms. The minimum absolute atomic E-state index is 0.0838. The van der Waals surface area contributed by atoms with Crippen LogP contribution in [0.25, 0.3) is 0 Å². The summed E-state index contributed by atoms with van der Waals surface area (Å²) in [5.74, 6) is 0.654. The molecule has 2 amide bonds. The number of rotatable bonds is 8. The maximum absolute atomic E-state index is 11.8. The number of likely N-dealkylation sites (tertiary alicyclic amines) is 1. The number of ether oxygens (including phenoxy) is 1. The van der Waals surface area contributed by atoms with E-state index in [0.717, 1.165) is 19.4 Å². The fraction of sp³-hybridized carbons (Fsp3) is 0.619. The number of pyridine rings is 1. The summed E-state index contributed by atoms with van der Waals surface area (Å²) >= 11 is 0. The van der Waals surface area contributed by atoms with E-state index in [1.165, 1.54) is 50.8 Å². The summed E-state index contributed by atoms with van der Waals surface area (Å²) < 4.78 is 5.71. The highest BCUT2D eigenvalue weighted by Gasteiger charge is 2.16. The van der Waals surface area contributed by atoms with E-state index in [2.05, 4.69) is 26.6 Å². The Balaban J connectivity index is 1.31. The van der Waals surface area contributed by atoms with Crippen LogP contribution in [0.15, 0.2) is 30.5 Å². The summed E-state index contributed by atoms with van der Waals surface area (Å²) in [6, 6.07) is 4.35. The molecule has 0 radical (unpaired) electrons. The number of amides is 2. The molecule has 0 bridgehead atoms. The van der Waals surface area contributed by atoms with E-state index in [9.17, 15) is 4.79 Å². The first-order valence-electron chi connectivity index (χ1n) is 10.3. The lowest BCUT2D eigenvalue weighted by molar-refractivity contribution is 0.220. The highest BCUT2D eigenvalue weighted by Crippen LogP contribution is 2.17. The van der Waals surface area contributed by atoms with Crippen LogP contribution < -0.4 is 15.4 Å². The molecule has 2 heterocycles. The van der Waals surface area contributed by atoms with E-state index in [1.54, 1.807) is 0 Å². The molecule has 2 fully saturated rings. The van der Waals surface area contributed by atoms with Crippen molar-refractivity contribution in [3.8, 4) is 5.88 Å². The Morgan fingerprint density at radius 1 is 1.19 bits per heavy atom. The average Bonchev–Trinajstić information content (AvgIpc) is 3.19. The van der Waals surface area contributed by atoms with Crippen molar-refractivity contribution in [3.05, 3.63) is 36.0 Å². The Labute approximate surface area is 162 Å². The Hall–Kier alpha value is -2.08. The van der Waals surface area contributed by atoms with Crippen LogP contribution in [-0.4, -0.2) is 48.2 Å². The van der Waals surface area contributed by atoms with E-state index in [1.807, 2.05) is 24.4 Å². The van der Waals surface area contributed by atoms with Crippen LogP contribution in [0, 0.1) is 0 Å². The lowest BCUT2D eigenvalue weighted by Gasteiger charge is -2.26. The predicted molar refractivity (Wildman–Crippen MR) is 107 cm³/mol. The van der Waals surface area contributed by atoms with Gasteiger partial charge in [-0.3, -0.25) is 4.90 Å². The Kier molecular flexibility index (Phi) is 7.96. The number of piperidine rings is 1. The number of carbonyl (C=O) groups excluding carboxylic acids is 1. The molecule has 1 aliphatic heterocycles. The summed E-state index contributed by atoms with van der Waals surface area (Å²) in [6.45, 7) is 4.29. The van der Waals surface area contributed by atoms with Gasteiger partial charge in [-0.2, -0.15) is 0 Å². The van der Waals surface area contributed by atoms with Crippen molar-refractivity contribution in [2.75, 3.05) is 26.2 Å². The largest absolute Gasteiger partial charge is 0.473 e. The van der Waals surface area contributed by atoms with Crippen molar-refractivity contribution in [2.45, 2.75) is 57.5 Å². The zero-order valence-corrected chi connectivity index (χ0v) is 16.2. The SMILES string of the molecule is O=C(NC/C=C\COc1cc(CN2CCCCC2)ccn1)NC1CCCC1. The lowest BCUT2D eigenvalue weighted by atomic mass is 10.1. The molecule has 6 heteroatoms. The van der Waals surface area contributed by atoms with Crippen LogP contribution in [0.1, 0.15) is 50.5 Å². The molecule has 1 saturated carbocycles. The van der Waals surface area contributed by atoms with E-state index >= 15 is 0 Å². The van der Waals surface area contributed by atoms with Crippen LogP contribution in [0.5, 0.6) is 5.88 Å². The quantitative estimate of drug-likeness (QED) is 0.688. The molecule has 3 rings (SSSR count). The van der Waals surface area contributed by atoms with Gasteiger partial charge in [0.05, 0.1) is 0 Å². The molecule has 1 aliphatic carbocycles. The first-order chi connectivity index (χ1) is 13.3. The van der Waals surface area contributed by atoms with Gasteiger partial charge in [0.25, 0.3) is 0 Å². The highest BCUT2D eigenvalue weighted by atomic mass is 16.5. The second-order valence-corrected chi connectivity index (χ2v) is 7.46. The van der Waals surface area contributed by atoms with Gasteiger partial charge >= 0.3 is 6.03 Å². The molecule has 148 valence electrons. The Bertz CT molecular complexity index is 608. The van der Waals surface area contributed by atoms with Crippen molar-refractivity contribution in [1.82, 2.24) is 20.5 Å². The van der Waals surface area contributed by atoms with E-state index in [-0.39, 0.29) is 6.03 Å². The molecular weight excluding hydrogens is 340 g/mol. The van der Waals surface area contributed by atoms with Gasteiger partial charge in [0, 0.05) is 31.4 Å². The zero-order valence-electron chi connectivity index (χ0n) is 16.2. The van der Waals surface area contributed by atoms with Crippen LogP contribution in [0.4, 0.5) is 4.79 Å². The smallest absolute Gasteiger partial charge is 0.315 e. The fourth-order valence-electron chi connectivity index (χ4n) is 3.75. The normalized spacial score (nSPS) is 18.7. The second kappa shape index (κ2) is 10.9. The van der Waals surface area contributed by atoms with Crippen LogP contribution >= 0.6 is 0 Å². The monoisotopic (exact) mass is 372 g/mol. The standard InChI is InChI=1S/C21H32N4O2/c26-21(24-19-8-2-3-9-19)23-11-4-7-15-27-20-16-18(10-12-22-20)17-25-13-5-1-6-14-25/h4,7,10,12,16,19H,1-3,5-6,8-9,11,13-15,17H2,(H2,23,24,26)/b7-4-. The van der Waals surface area contributed by atoms with Crippen LogP contribution in [-0.2, 0) is 6.54 Å². The molecule has 0 unspecified atom stereocenters. The second-order valence-electron chi connectivity index (χ2n) is 7.46. The van der Waals surface area contributed by atoms with Gasteiger partial charge in [-0.05, 0) is 56.5 Å². The van der Waals surface area contributed by atoms with Crippen molar-refractivity contribution in [1.29, 1.82) is 0 Å². The van der Waals surface area contributed by atoms with Gasteiger partial charge in [0.2, 0.25) is 5.88 Å². The maximum atomic E-state index is 11.8. The van der Waals surface area contributed by atoms with Crippen molar-refractivity contribution in [3.63, 3.8) is 0 Å². The highest BCUT2D eigenvalue weighted by molar-refractivity contribution is 5.74. The maximum Gasteiger partial charge on any atom is 0.315 e. The van der Waals surface area contributed by atoms with Gasteiger partial charge in [0.1, 0.15) is 6.61 Å². The number of carbonyl (C=O) groups is 1. The van der Waals surface area contributed by atoms with Gasteiger partial charge < -0.3 is 15.4 Å². The van der Waals surface area contributed by atoms with Gasteiger partial charge in [-0.1, -0.05) is 25.3 Å². The molecular formula is C21H32N4O2. The van der Waals surface area contributed by atoms with Crippen LogP contribution in [0.3, 0.4) is 0 Å². The number of nitrogens with zero attached hydrogens (tertiary/aromatic N) is 2. The summed E-state index contributed by atoms with van der Waals surface area (Å²) in [5, 5.41) is 5.86. The number of aromatic nitrogens is 1. The van der Waals surface area contributed by atoms with E-state index in [0.29, 0.717) is 25.1 Å². The summed E-state index contributed by atoms with van der Waals surface area (Å²) in [7, 11) is 0. The Morgan fingerprint density at radius 3 is 2.81 bits per heavy atom. The minimum Gasteiger partial charge on any atom is -0.473 e. The third-order valence-electron chi connectivity index (χ3n) is 5.22. The van der Waals surface area contributed by atoms with Gasteiger partial charge in [-0.25, -0.2) is 9.78 Å². The summed E-state index contributed by atoms with van der Waals surface area (Å²) in [6.07, 6.45) is 14.2. The molecule has 0 atom stereocenters. The molecule has 1 aromatic heterocycles. The Morgan fingerprint density at radius 2 is 2.00 bits per heavy atom. The van der Waals surface area contributed by atoms with Crippen molar-refractivity contribution < 1.29 is 9.53 Å². The molecule has 1 aromatic rings. The van der Waals surface area contributed by atoms with Gasteiger partial charge in [0.15, 0.2) is 0 Å². The topological polar surface area (TPSA) is 66.5 Å². The van der Waals surface area contributed by atoms with E-state index in [4.69, 9.17) is 4.74 Å². The minimum atomic E-state index is -0.0838. The van der Waals surface area contributed by atoms with E-state index < -0.39 is 0 Å². The first-order valence-corrected chi connectivity index (χ1v) is 10.3. The number of nitrogens with one attached hydrogen (secondary N) is 2. The molecule has 1 saturated heterocycles. The first kappa shape index (κ1) is 19.7. The fourth-order valence-corrected chi connectivity index (χ4v) is 3.75.